The average Bonchev–Trinajstić information content (AvgIpc) is 3.15. The Kier molecular flexibility index (Phi) is 31.2. The number of anilines is 2. The van der Waals surface area contributed by atoms with Crippen LogP contribution in [0.15, 0.2) is 36.4 Å². The maximum absolute atomic E-state index is 10.6. The van der Waals surface area contributed by atoms with Crippen LogP contribution in [0.3, 0.4) is 0 Å². The SMILES string of the molecule is C1CCOC1.Cc1cccc(N)c1C(=O)O.Cc1cccc(N)c1CO.[AlH2].[AlH2].[AlH].[Al].[Li]. The second-order valence-electron chi connectivity index (χ2n) is 5.96. The van der Waals surface area contributed by atoms with Gasteiger partial charge in [0.1, 0.15) is 34.7 Å². The number of rotatable bonds is 2. The molecule has 1 heterocycles. The molecule has 0 aromatic heterocycles. The standard InChI is InChI=1S/C8H9NO2.C8H11NO.C4H8O.4Al.Li.5H/c1-5-3-2-4-6(9)7(5)8(10)11;1-6-3-2-4-8(9)7(6)5-10;1-2-4-5-3-1;;;;;;;;;;/h2-4H,9H2,1H3,(H,10,11);2-4,10H,5,9H2,1H3;1-4H2;;;;;;;;;;. The summed E-state index contributed by atoms with van der Waals surface area (Å²) < 4.78 is 4.94. The van der Waals surface area contributed by atoms with E-state index < -0.39 is 5.97 Å². The Morgan fingerprint density at radius 3 is 1.68 bits per heavy atom. The van der Waals surface area contributed by atoms with Crippen molar-refractivity contribution >= 4 is 106 Å². The van der Waals surface area contributed by atoms with E-state index in [1.165, 1.54) is 12.8 Å². The number of carboxylic acid groups (broad SMARTS) is 1. The van der Waals surface area contributed by atoms with Gasteiger partial charge in [0.25, 0.3) is 0 Å². The van der Waals surface area contributed by atoms with Gasteiger partial charge in [-0.15, -0.1) is 0 Å². The monoisotopic (exact) mass is 480 g/mol. The first-order valence-electron chi connectivity index (χ1n) is 8.49. The molecule has 3 rings (SSSR count). The number of aryl methyl sites for hydroxylation is 2. The average molecular weight is 480 g/mol. The number of aliphatic hydroxyl groups is 1. The second kappa shape index (κ2) is 23.3. The molecule has 8 radical (unpaired) electrons. The number of nitrogen functional groups attached to an aromatic ring is 2. The predicted molar refractivity (Wildman–Crippen MR) is 140 cm³/mol. The Morgan fingerprint density at radius 1 is 0.968 bits per heavy atom. The molecule has 31 heavy (non-hydrogen) atoms. The molecule has 0 unspecified atom stereocenters. The molecule has 1 aliphatic rings. The minimum Gasteiger partial charge on any atom is -0.478 e. The third-order valence-corrected chi connectivity index (χ3v) is 3.95. The van der Waals surface area contributed by atoms with Crippen LogP contribution in [0, 0.1) is 13.8 Å². The second-order valence-corrected chi connectivity index (χ2v) is 5.96. The molecule has 6 N–H and O–H groups in total. The van der Waals surface area contributed by atoms with Crippen LogP contribution in [-0.2, 0) is 11.3 Å². The van der Waals surface area contributed by atoms with Gasteiger partial charge in [-0.25, -0.2) is 4.79 Å². The van der Waals surface area contributed by atoms with E-state index in [9.17, 15) is 4.79 Å². The van der Waals surface area contributed by atoms with Crippen molar-refractivity contribution in [2.24, 2.45) is 0 Å². The van der Waals surface area contributed by atoms with Gasteiger partial charge in [-0.1, -0.05) is 24.3 Å². The van der Waals surface area contributed by atoms with E-state index in [1.54, 1.807) is 31.2 Å². The minimum absolute atomic E-state index is 0. The van der Waals surface area contributed by atoms with Crippen LogP contribution in [0.1, 0.15) is 39.9 Å². The summed E-state index contributed by atoms with van der Waals surface area (Å²) in [6.07, 6.45) is 2.56. The van der Waals surface area contributed by atoms with Gasteiger partial charge in [-0.05, 0) is 49.9 Å². The van der Waals surface area contributed by atoms with Crippen LogP contribution in [0.5, 0.6) is 0 Å². The molecular weight excluding hydrogens is 447 g/mol. The fourth-order valence-corrected chi connectivity index (χ4v) is 2.43. The summed E-state index contributed by atoms with van der Waals surface area (Å²) in [5.74, 6) is -0.972. The van der Waals surface area contributed by atoms with Crippen LogP contribution >= 0.6 is 0 Å². The fourth-order valence-electron chi connectivity index (χ4n) is 2.43. The van der Waals surface area contributed by atoms with Crippen molar-refractivity contribution in [3.05, 3.63) is 58.7 Å². The molecule has 2 aromatic carbocycles. The molecule has 0 atom stereocenters. The first kappa shape index (κ1) is 41.4. The van der Waals surface area contributed by atoms with Gasteiger partial charge in [0, 0.05) is 66.4 Å². The Morgan fingerprint density at radius 2 is 1.42 bits per heavy atom. The molecule has 160 valence electrons. The number of hydrogen-bond acceptors (Lipinski definition) is 5. The van der Waals surface area contributed by atoms with Crippen LogP contribution in [0.2, 0.25) is 0 Å². The molecule has 1 aliphatic heterocycles. The van der Waals surface area contributed by atoms with E-state index >= 15 is 0 Å². The van der Waals surface area contributed by atoms with Crippen molar-refractivity contribution in [3.8, 4) is 0 Å². The van der Waals surface area contributed by atoms with Gasteiger partial charge in [-0.2, -0.15) is 0 Å². The maximum atomic E-state index is 10.6. The zero-order chi connectivity index (χ0) is 19.5. The molecular formula is C20H33Al4LiN2O4. The van der Waals surface area contributed by atoms with E-state index in [2.05, 4.69) is 0 Å². The topological polar surface area (TPSA) is 119 Å². The summed E-state index contributed by atoms with van der Waals surface area (Å²) in [4.78, 5) is 10.6. The molecule has 0 aliphatic carbocycles. The minimum atomic E-state index is -0.972. The van der Waals surface area contributed by atoms with Gasteiger partial charge in [0.15, 0.2) is 0 Å². The molecule has 0 amide bonds. The Hall–Kier alpha value is 0.157. The molecule has 0 bridgehead atoms. The first-order valence-corrected chi connectivity index (χ1v) is 8.49. The summed E-state index contributed by atoms with van der Waals surface area (Å²) in [5, 5.41) is 17.5. The molecule has 0 saturated carbocycles. The number of aromatic carboxylic acids is 1. The Balaban J connectivity index is -0.000000106. The van der Waals surface area contributed by atoms with Crippen molar-refractivity contribution in [2.75, 3.05) is 24.7 Å². The summed E-state index contributed by atoms with van der Waals surface area (Å²) in [6.45, 7) is 5.68. The van der Waals surface area contributed by atoms with Gasteiger partial charge in [0.2, 0.25) is 0 Å². The van der Waals surface area contributed by atoms with Crippen LogP contribution in [-0.4, -0.2) is 118 Å². The van der Waals surface area contributed by atoms with Gasteiger partial charge in [0.05, 0.1) is 29.5 Å². The summed E-state index contributed by atoms with van der Waals surface area (Å²) >= 11 is 0. The van der Waals surface area contributed by atoms with Crippen LogP contribution in [0.25, 0.3) is 0 Å². The van der Waals surface area contributed by atoms with Crippen molar-refractivity contribution < 1.29 is 19.7 Å². The predicted octanol–water partition coefficient (Wildman–Crippen LogP) is -0.101. The maximum Gasteiger partial charge on any atom is 0.338 e. The smallest absolute Gasteiger partial charge is 0.338 e. The largest absolute Gasteiger partial charge is 0.478 e. The Bertz CT molecular complexity index is 688. The van der Waals surface area contributed by atoms with Gasteiger partial charge in [-0.3, -0.25) is 0 Å². The molecule has 11 heteroatoms. The molecule has 1 saturated heterocycles. The normalized spacial score (nSPS) is 10.4. The third-order valence-electron chi connectivity index (χ3n) is 3.95. The number of ether oxygens (including phenoxy) is 1. The summed E-state index contributed by atoms with van der Waals surface area (Å²) in [6, 6.07) is 10.6. The fraction of sp³-hybridized carbons (Fsp3) is 0.350. The van der Waals surface area contributed by atoms with E-state index in [0.29, 0.717) is 16.9 Å². The van der Waals surface area contributed by atoms with E-state index in [-0.39, 0.29) is 100 Å². The summed E-state index contributed by atoms with van der Waals surface area (Å²) in [5.41, 5.74) is 14.8. The van der Waals surface area contributed by atoms with Crippen molar-refractivity contribution in [1.82, 2.24) is 0 Å². The van der Waals surface area contributed by atoms with Gasteiger partial charge < -0.3 is 26.4 Å². The van der Waals surface area contributed by atoms with E-state index in [1.807, 2.05) is 19.1 Å². The quantitative estimate of drug-likeness (QED) is 0.352. The zero-order valence-corrected chi connectivity index (χ0v) is 26.2. The molecule has 2 aromatic rings. The third kappa shape index (κ3) is 15.6. The van der Waals surface area contributed by atoms with Crippen LogP contribution < -0.4 is 11.5 Å². The Labute approximate surface area is 240 Å². The number of benzene rings is 2. The number of carbonyl (C=O) groups is 1. The summed E-state index contributed by atoms with van der Waals surface area (Å²) in [7, 11) is 0. The first-order chi connectivity index (χ1) is 12.4. The zero-order valence-electron chi connectivity index (χ0n) is 19.6. The van der Waals surface area contributed by atoms with Crippen molar-refractivity contribution in [1.29, 1.82) is 0 Å². The number of nitrogens with two attached hydrogens (primary N) is 2. The number of aliphatic hydroxyl groups excluding tert-OH is 1. The van der Waals surface area contributed by atoms with Crippen molar-refractivity contribution in [2.45, 2.75) is 33.3 Å². The van der Waals surface area contributed by atoms with Gasteiger partial charge >= 0.3 is 5.97 Å². The number of hydrogen-bond donors (Lipinski definition) is 4. The van der Waals surface area contributed by atoms with Crippen molar-refractivity contribution in [3.63, 3.8) is 0 Å². The molecule has 0 spiro atoms. The van der Waals surface area contributed by atoms with E-state index in [0.717, 1.165) is 24.3 Å². The number of carboxylic acids is 1. The van der Waals surface area contributed by atoms with Crippen LogP contribution in [0.4, 0.5) is 11.4 Å². The van der Waals surface area contributed by atoms with E-state index in [4.69, 9.17) is 26.4 Å². The molecule has 1 fully saturated rings. The molecule has 6 nitrogen and oxygen atoms in total.